The summed E-state index contributed by atoms with van der Waals surface area (Å²) < 4.78 is 11.3. The molecule has 2 heterocycles. The highest BCUT2D eigenvalue weighted by Gasteiger charge is 2.18. The van der Waals surface area contributed by atoms with Crippen LogP contribution in [0.2, 0.25) is 0 Å². The van der Waals surface area contributed by atoms with Crippen molar-refractivity contribution in [2.24, 2.45) is 5.73 Å². The Balaban J connectivity index is 2.60. The van der Waals surface area contributed by atoms with E-state index >= 15 is 0 Å². The molecule has 0 fully saturated rings. The van der Waals surface area contributed by atoms with Crippen molar-refractivity contribution >= 4 is 21.9 Å². The van der Waals surface area contributed by atoms with Gasteiger partial charge in [0, 0.05) is 34.5 Å². The van der Waals surface area contributed by atoms with Crippen molar-refractivity contribution in [3.05, 3.63) is 45.0 Å². The average molecular weight is 271 g/mol. The van der Waals surface area contributed by atoms with Crippen LogP contribution in [0.15, 0.2) is 25.8 Å². The minimum Gasteiger partial charge on any atom is -0.461 e. The summed E-state index contributed by atoms with van der Waals surface area (Å²) in [5.74, 6) is 0.826. The van der Waals surface area contributed by atoms with E-state index in [4.69, 9.17) is 14.6 Å². The third-order valence-corrected chi connectivity index (χ3v) is 3.85. The quantitative estimate of drug-likeness (QED) is 0.727. The second kappa shape index (κ2) is 4.49. The van der Waals surface area contributed by atoms with Gasteiger partial charge in [0.25, 0.3) is 0 Å². The van der Waals surface area contributed by atoms with Gasteiger partial charge in [-0.2, -0.15) is 0 Å². The summed E-state index contributed by atoms with van der Waals surface area (Å²) in [7, 11) is 0. The van der Waals surface area contributed by atoms with Crippen LogP contribution in [-0.4, -0.2) is 0 Å². The average Bonchev–Trinajstić information content (AvgIpc) is 2.71. The SMILES string of the molecule is CCc1c2oc(=O)cc(C)c2cc2c(CN)c(C)oc12. The maximum absolute atomic E-state index is 11.6. The molecule has 104 valence electrons. The molecule has 0 aliphatic rings. The largest absolute Gasteiger partial charge is 0.461 e. The molecule has 3 rings (SSSR count). The van der Waals surface area contributed by atoms with E-state index in [1.54, 1.807) is 0 Å². The Morgan fingerprint density at radius 1 is 1.05 bits per heavy atom. The molecule has 3 aromatic rings. The van der Waals surface area contributed by atoms with Gasteiger partial charge in [0.15, 0.2) is 0 Å². The Morgan fingerprint density at radius 2 is 1.75 bits per heavy atom. The van der Waals surface area contributed by atoms with Crippen LogP contribution in [0.3, 0.4) is 0 Å². The topological polar surface area (TPSA) is 69.4 Å². The smallest absolute Gasteiger partial charge is 0.336 e. The molecule has 0 radical (unpaired) electrons. The third kappa shape index (κ3) is 1.68. The molecule has 0 bridgehead atoms. The molecule has 0 spiro atoms. The molecule has 2 aromatic heterocycles. The van der Waals surface area contributed by atoms with E-state index in [-0.39, 0.29) is 5.63 Å². The van der Waals surface area contributed by atoms with Crippen molar-refractivity contribution in [2.75, 3.05) is 0 Å². The summed E-state index contributed by atoms with van der Waals surface area (Å²) in [6.07, 6.45) is 0.733. The van der Waals surface area contributed by atoms with Crippen molar-refractivity contribution in [2.45, 2.75) is 33.7 Å². The zero-order valence-corrected chi connectivity index (χ0v) is 11.9. The molecule has 4 heteroatoms. The van der Waals surface area contributed by atoms with Gasteiger partial charge in [0.1, 0.15) is 16.9 Å². The lowest BCUT2D eigenvalue weighted by molar-refractivity contribution is 0.548. The zero-order chi connectivity index (χ0) is 14.4. The van der Waals surface area contributed by atoms with Crippen molar-refractivity contribution in [1.82, 2.24) is 0 Å². The number of hydrogen-bond donors (Lipinski definition) is 1. The van der Waals surface area contributed by atoms with Gasteiger partial charge in [0.2, 0.25) is 0 Å². The van der Waals surface area contributed by atoms with Gasteiger partial charge < -0.3 is 14.6 Å². The summed E-state index contributed by atoms with van der Waals surface area (Å²) in [5.41, 5.74) is 9.77. The first-order valence-corrected chi connectivity index (χ1v) is 6.75. The number of hydrogen-bond acceptors (Lipinski definition) is 4. The number of fused-ring (bicyclic) bond motifs is 2. The van der Waals surface area contributed by atoms with Gasteiger partial charge in [-0.05, 0) is 31.9 Å². The molecule has 0 unspecified atom stereocenters. The lowest BCUT2D eigenvalue weighted by Gasteiger charge is -2.06. The predicted octanol–water partition coefficient (Wildman–Crippen LogP) is 3.18. The fourth-order valence-corrected chi connectivity index (χ4v) is 2.82. The normalized spacial score (nSPS) is 11.6. The summed E-state index contributed by atoms with van der Waals surface area (Å²) >= 11 is 0. The second-order valence-electron chi connectivity index (χ2n) is 5.05. The Hall–Kier alpha value is -2.07. The van der Waals surface area contributed by atoms with Gasteiger partial charge >= 0.3 is 5.63 Å². The van der Waals surface area contributed by atoms with E-state index in [1.807, 2.05) is 26.8 Å². The molecule has 0 saturated heterocycles. The minimum atomic E-state index is -0.327. The first-order chi connectivity index (χ1) is 9.56. The van der Waals surface area contributed by atoms with Gasteiger partial charge in [0.05, 0.1) is 0 Å². The maximum Gasteiger partial charge on any atom is 0.336 e. The van der Waals surface area contributed by atoms with Crippen molar-refractivity contribution in [1.29, 1.82) is 0 Å². The lowest BCUT2D eigenvalue weighted by atomic mass is 10.0. The number of rotatable bonds is 2. The highest BCUT2D eigenvalue weighted by Crippen LogP contribution is 2.34. The summed E-state index contributed by atoms with van der Waals surface area (Å²) in [4.78, 5) is 11.6. The maximum atomic E-state index is 11.6. The zero-order valence-electron chi connectivity index (χ0n) is 11.9. The van der Waals surface area contributed by atoms with E-state index in [1.165, 1.54) is 6.07 Å². The van der Waals surface area contributed by atoms with Gasteiger partial charge in [-0.15, -0.1) is 0 Å². The molecule has 0 atom stereocenters. The van der Waals surface area contributed by atoms with E-state index in [0.717, 1.165) is 45.2 Å². The molecule has 0 aliphatic heterocycles. The summed E-state index contributed by atoms with van der Waals surface area (Å²) in [6.45, 7) is 6.29. The van der Waals surface area contributed by atoms with E-state index in [9.17, 15) is 4.79 Å². The lowest BCUT2D eigenvalue weighted by Crippen LogP contribution is -2.01. The number of furan rings is 1. The van der Waals surface area contributed by atoms with E-state index in [2.05, 4.69) is 0 Å². The molecule has 0 amide bonds. The Morgan fingerprint density at radius 3 is 2.40 bits per heavy atom. The van der Waals surface area contributed by atoms with Gasteiger partial charge in [-0.25, -0.2) is 4.79 Å². The van der Waals surface area contributed by atoms with Crippen molar-refractivity contribution in [3.63, 3.8) is 0 Å². The third-order valence-electron chi connectivity index (χ3n) is 3.85. The second-order valence-corrected chi connectivity index (χ2v) is 5.05. The number of benzene rings is 1. The molecular weight excluding hydrogens is 254 g/mol. The monoisotopic (exact) mass is 271 g/mol. The van der Waals surface area contributed by atoms with Crippen molar-refractivity contribution < 1.29 is 8.83 Å². The van der Waals surface area contributed by atoms with Crippen LogP contribution in [-0.2, 0) is 13.0 Å². The fourth-order valence-electron chi connectivity index (χ4n) is 2.82. The first kappa shape index (κ1) is 12.9. The molecular formula is C16H17NO3. The number of nitrogens with two attached hydrogens (primary N) is 1. The van der Waals surface area contributed by atoms with Gasteiger partial charge in [-0.1, -0.05) is 6.92 Å². The Kier molecular flexibility index (Phi) is 2.91. The van der Waals surface area contributed by atoms with Crippen molar-refractivity contribution in [3.8, 4) is 0 Å². The van der Waals surface area contributed by atoms with Crippen LogP contribution in [0.25, 0.3) is 21.9 Å². The van der Waals surface area contributed by atoms with Crippen LogP contribution in [0, 0.1) is 13.8 Å². The number of aryl methyl sites for hydroxylation is 3. The van der Waals surface area contributed by atoms with E-state index < -0.39 is 0 Å². The Bertz CT molecular complexity index is 871. The van der Waals surface area contributed by atoms with Crippen LogP contribution < -0.4 is 11.4 Å². The highest BCUT2D eigenvalue weighted by atomic mass is 16.4. The standard InChI is InChI=1S/C16H17NO3/c1-4-10-15-11(8(2)5-14(18)20-15)6-12-13(7-17)9(3)19-16(10)12/h5-6H,4,7,17H2,1-3H3. The van der Waals surface area contributed by atoms with Gasteiger partial charge in [-0.3, -0.25) is 0 Å². The summed E-state index contributed by atoms with van der Waals surface area (Å²) in [5, 5.41) is 1.97. The minimum absolute atomic E-state index is 0.327. The molecule has 0 saturated carbocycles. The fraction of sp³-hybridized carbons (Fsp3) is 0.312. The molecule has 20 heavy (non-hydrogen) atoms. The van der Waals surface area contributed by atoms with E-state index in [0.29, 0.717) is 12.1 Å². The predicted molar refractivity (Wildman–Crippen MR) is 79.0 cm³/mol. The van der Waals surface area contributed by atoms with Crippen LogP contribution >= 0.6 is 0 Å². The molecule has 0 aliphatic carbocycles. The van der Waals surface area contributed by atoms with Crippen LogP contribution in [0.5, 0.6) is 0 Å². The molecule has 4 nitrogen and oxygen atoms in total. The molecule has 1 aromatic carbocycles. The highest BCUT2D eigenvalue weighted by molar-refractivity contribution is 6.00. The Labute approximate surface area is 116 Å². The van der Waals surface area contributed by atoms with Crippen LogP contribution in [0.4, 0.5) is 0 Å². The first-order valence-electron chi connectivity index (χ1n) is 6.75. The summed E-state index contributed by atoms with van der Waals surface area (Å²) in [6, 6.07) is 3.53. The molecule has 2 N–H and O–H groups in total. The van der Waals surface area contributed by atoms with Crippen LogP contribution in [0.1, 0.15) is 29.4 Å².